The summed E-state index contributed by atoms with van der Waals surface area (Å²) in [6, 6.07) is 27.1. The Labute approximate surface area is 220 Å². The largest absolute Gasteiger partial charge is 0.479 e. The van der Waals surface area contributed by atoms with Gasteiger partial charge in [0.15, 0.2) is 0 Å². The van der Waals surface area contributed by atoms with Gasteiger partial charge in [-0.05, 0) is 82.3 Å². The molecule has 2 N–H and O–H groups in total. The number of nitrogens with zero attached hydrogens (tertiary/aromatic N) is 2. The Bertz CT molecular complexity index is 1550. The lowest BCUT2D eigenvalue weighted by molar-refractivity contribution is -0.145. The zero-order valence-electron chi connectivity index (χ0n) is 21.1. The normalized spacial score (nSPS) is 16.2. The molecule has 38 heavy (non-hydrogen) atoms. The molecule has 0 bridgehead atoms. The van der Waals surface area contributed by atoms with Crippen molar-refractivity contribution in [2.24, 2.45) is 10.2 Å². The highest BCUT2D eigenvalue weighted by atomic mass is 16.4. The molecule has 2 atom stereocenters. The van der Waals surface area contributed by atoms with E-state index in [0.29, 0.717) is 24.0 Å². The second-order valence-corrected chi connectivity index (χ2v) is 10.3. The molecule has 0 saturated heterocycles. The molecule has 4 aromatic rings. The van der Waals surface area contributed by atoms with Crippen molar-refractivity contribution in [2.75, 3.05) is 0 Å². The number of carboxylic acid groups (broad SMARTS) is 2. The van der Waals surface area contributed by atoms with Crippen LogP contribution in [0.1, 0.15) is 47.2 Å². The highest BCUT2D eigenvalue weighted by molar-refractivity contribution is 5.87. The molecule has 2 aliphatic rings. The maximum Gasteiger partial charge on any atom is 0.337 e. The number of fused-ring (bicyclic) bond motifs is 6. The van der Waals surface area contributed by atoms with Crippen molar-refractivity contribution < 1.29 is 19.8 Å². The summed E-state index contributed by atoms with van der Waals surface area (Å²) in [5.74, 6) is -2.38. The van der Waals surface area contributed by atoms with E-state index < -0.39 is 23.0 Å². The van der Waals surface area contributed by atoms with Crippen molar-refractivity contribution in [1.29, 1.82) is 0 Å². The highest BCUT2D eigenvalue weighted by Crippen LogP contribution is 2.45. The van der Waals surface area contributed by atoms with Gasteiger partial charge in [0.2, 0.25) is 11.1 Å². The Kier molecular flexibility index (Phi) is 5.31. The second kappa shape index (κ2) is 8.48. The van der Waals surface area contributed by atoms with Gasteiger partial charge in [-0.1, -0.05) is 84.9 Å². The zero-order valence-corrected chi connectivity index (χ0v) is 21.1. The van der Waals surface area contributed by atoms with Crippen LogP contribution in [-0.2, 0) is 33.5 Å². The van der Waals surface area contributed by atoms with Gasteiger partial charge < -0.3 is 10.2 Å². The predicted molar refractivity (Wildman–Crippen MR) is 144 cm³/mol. The summed E-state index contributed by atoms with van der Waals surface area (Å²) >= 11 is 0. The summed E-state index contributed by atoms with van der Waals surface area (Å²) in [6.07, 6.45) is 1.17. The minimum absolute atomic E-state index is 0.515. The molecule has 2 unspecified atom stereocenters. The summed E-state index contributed by atoms with van der Waals surface area (Å²) in [6.45, 7) is 2.98. The zero-order chi connectivity index (χ0) is 26.7. The Morgan fingerprint density at radius 2 is 0.947 bits per heavy atom. The Hall–Kier alpha value is -4.58. The average Bonchev–Trinajstić information content (AvgIpc) is 3.49. The maximum atomic E-state index is 12.8. The minimum atomic E-state index is -1.77. The van der Waals surface area contributed by atoms with Gasteiger partial charge in [-0.15, -0.1) is 0 Å². The molecule has 0 saturated carbocycles. The molecule has 188 valence electrons. The van der Waals surface area contributed by atoms with E-state index in [2.05, 4.69) is 10.2 Å². The second-order valence-electron chi connectivity index (χ2n) is 10.3. The van der Waals surface area contributed by atoms with Crippen LogP contribution in [0.15, 0.2) is 95.2 Å². The lowest BCUT2D eigenvalue weighted by Crippen LogP contribution is -2.35. The molecule has 0 amide bonds. The van der Waals surface area contributed by atoms with Crippen molar-refractivity contribution in [1.82, 2.24) is 0 Å². The highest BCUT2D eigenvalue weighted by Gasteiger charge is 2.44. The molecule has 6 nitrogen and oxygen atoms in total. The quantitative estimate of drug-likeness (QED) is 0.251. The maximum absolute atomic E-state index is 12.8. The van der Waals surface area contributed by atoms with Gasteiger partial charge in [0, 0.05) is 0 Å². The molecule has 2 aliphatic carbocycles. The number of aliphatic carboxylic acids is 2. The molecular weight excluding hydrogens is 476 g/mol. The summed E-state index contributed by atoms with van der Waals surface area (Å²) in [4.78, 5) is 25.5. The third-order valence-electron chi connectivity index (χ3n) is 8.03. The van der Waals surface area contributed by atoms with E-state index in [1.807, 2.05) is 72.8 Å². The Morgan fingerprint density at radius 3 is 1.34 bits per heavy atom. The first kappa shape index (κ1) is 23.8. The van der Waals surface area contributed by atoms with Gasteiger partial charge in [0.05, 0.1) is 0 Å². The Morgan fingerprint density at radius 1 is 0.579 bits per heavy atom. The van der Waals surface area contributed by atoms with Crippen molar-refractivity contribution in [3.63, 3.8) is 0 Å². The number of carboxylic acids is 2. The fourth-order valence-corrected chi connectivity index (χ4v) is 5.85. The molecule has 0 radical (unpaired) electrons. The lowest BCUT2D eigenvalue weighted by Gasteiger charge is -2.27. The Balaban J connectivity index is 1.46. The first-order chi connectivity index (χ1) is 18.2. The van der Waals surface area contributed by atoms with Gasteiger partial charge in [-0.3, -0.25) is 0 Å². The fourth-order valence-electron chi connectivity index (χ4n) is 5.85. The molecule has 0 heterocycles. The van der Waals surface area contributed by atoms with Gasteiger partial charge in [-0.2, -0.15) is 10.2 Å². The van der Waals surface area contributed by atoms with E-state index in [4.69, 9.17) is 0 Å². The molecule has 0 aliphatic heterocycles. The van der Waals surface area contributed by atoms with Gasteiger partial charge >= 0.3 is 11.9 Å². The van der Waals surface area contributed by atoms with Crippen molar-refractivity contribution >= 4 is 11.9 Å². The fraction of sp³-hybridized carbons (Fsp3) is 0.188. The smallest absolute Gasteiger partial charge is 0.337 e. The number of hydrogen-bond acceptors (Lipinski definition) is 4. The molecule has 0 fully saturated rings. The SMILES string of the molecule is CC(N=NC(C)(C(=O)O)c1cccc2c1Cc1ccccc1-2)(C(=O)O)c1cccc2c1Cc1ccccc1-2. The van der Waals surface area contributed by atoms with Crippen LogP contribution in [0.25, 0.3) is 22.3 Å². The van der Waals surface area contributed by atoms with Crippen molar-refractivity contribution in [3.8, 4) is 22.3 Å². The molecule has 4 aromatic carbocycles. The van der Waals surface area contributed by atoms with E-state index in [1.165, 1.54) is 13.8 Å². The number of hydrogen-bond donors (Lipinski definition) is 2. The van der Waals surface area contributed by atoms with Gasteiger partial charge in [-0.25, -0.2) is 9.59 Å². The van der Waals surface area contributed by atoms with E-state index in [0.717, 1.165) is 44.5 Å². The molecule has 0 spiro atoms. The summed E-state index contributed by atoms with van der Waals surface area (Å²) in [5, 5.41) is 29.5. The summed E-state index contributed by atoms with van der Waals surface area (Å²) < 4.78 is 0. The number of carbonyl (C=O) groups is 2. The molecule has 0 aromatic heterocycles. The van der Waals surface area contributed by atoms with Crippen LogP contribution in [0, 0.1) is 0 Å². The van der Waals surface area contributed by atoms with E-state index in [-0.39, 0.29) is 0 Å². The first-order valence-electron chi connectivity index (χ1n) is 12.6. The van der Waals surface area contributed by atoms with E-state index in [9.17, 15) is 19.8 Å². The van der Waals surface area contributed by atoms with Crippen molar-refractivity contribution in [3.05, 3.63) is 118 Å². The third-order valence-corrected chi connectivity index (χ3v) is 8.03. The van der Waals surface area contributed by atoms with Crippen molar-refractivity contribution in [2.45, 2.75) is 37.8 Å². The van der Waals surface area contributed by atoms with Crippen LogP contribution in [-0.4, -0.2) is 22.2 Å². The van der Waals surface area contributed by atoms with Crippen LogP contribution in [0.2, 0.25) is 0 Å². The van der Waals surface area contributed by atoms with Crippen LogP contribution in [0.3, 0.4) is 0 Å². The topological polar surface area (TPSA) is 99.3 Å². The number of azo groups is 1. The summed E-state index contributed by atoms with van der Waals surface area (Å²) in [5.41, 5.74) is 5.58. The molecular formula is C32H26N2O4. The average molecular weight is 503 g/mol. The first-order valence-corrected chi connectivity index (χ1v) is 12.6. The van der Waals surface area contributed by atoms with Gasteiger partial charge in [0.25, 0.3) is 0 Å². The monoisotopic (exact) mass is 502 g/mol. The third kappa shape index (κ3) is 3.40. The summed E-state index contributed by atoms with van der Waals surface area (Å²) in [7, 11) is 0. The number of rotatable bonds is 6. The number of benzene rings is 4. The van der Waals surface area contributed by atoms with Crippen LogP contribution in [0.4, 0.5) is 0 Å². The molecule has 6 rings (SSSR count). The predicted octanol–water partition coefficient (Wildman–Crippen LogP) is 6.58. The van der Waals surface area contributed by atoms with Gasteiger partial charge in [0.1, 0.15) is 0 Å². The van der Waals surface area contributed by atoms with Crippen LogP contribution >= 0.6 is 0 Å². The van der Waals surface area contributed by atoms with E-state index in [1.54, 1.807) is 12.1 Å². The molecule has 6 heteroatoms. The van der Waals surface area contributed by atoms with Crippen LogP contribution in [0.5, 0.6) is 0 Å². The lowest BCUT2D eigenvalue weighted by atomic mass is 9.85. The van der Waals surface area contributed by atoms with E-state index >= 15 is 0 Å². The standard InChI is InChI=1S/C32H26N2O4/c1-31(29(35)36,27-15-7-13-23-21-11-5-3-9-19(21)17-25(23)27)33-34-32(2,30(37)38)28-16-8-14-24-22-12-6-4-10-20(22)18-26(24)28/h3-16H,17-18H2,1-2H3,(H,35,36)(H,37,38). The van der Waals surface area contributed by atoms with Crippen LogP contribution < -0.4 is 0 Å². The minimum Gasteiger partial charge on any atom is -0.479 e.